The van der Waals surface area contributed by atoms with Crippen molar-refractivity contribution >= 4 is 11.8 Å². The van der Waals surface area contributed by atoms with Gasteiger partial charge in [0.1, 0.15) is 0 Å². The molecule has 0 saturated carbocycles. The number of rotatable bonds is 7. The van der Waals surface area contributed by atoms with E-state index >= 15 is 0 Å². The first kappa shape index (κ1) is 16.5. The minimum atomic E-state index is -0.575. The second kappa shape index (κ2) is 7.94. The van der Waals surface area contributed by atoms with Crippen LogP contribution in [0.2, 0.25) is 0 Å². The van der Waals surface area contributed by atoms with Crippen molar-refractivity contribution < 1.29 is 14.7 Å². The minimum absolute atomic E-state index is 0.0131. The number of fused-ring (bicyclic) bond motifs is 1. The molecule has 120 valence electrons. The molecule has 1 aliphatic carbocycles. The zero-order valence-corrected chi connectivity index (χ0v) is 13.0. The molecule has 0 heterocycles. The van der Waals surface area contributed by atoms with Gasteiger partial charge in [0.25, 0.3) is 0 Å². The number of amides is 2. The number of carbonyl (C=O) groups excluding carboxylic acids is 2. The van der Waals surface area contributed by atoms with Gasteiger partial charge in [-0.2, -0.15) is 0 Å². The molecule has 3 N–H and O–H groups in total. The van der Waals surface area contributed by atoms with E-state index in [1.807, 2.05) is 31.2 Å². The van der Waals surface area contributed by atoms with Gasteiger partial charge in [-0.3, -0.25) is 9.59 Å². The predicted molar refractivity (Wildman–Crippen MR) is 84.2 cm³/mol. The summed E-state index contributed by atoms with van der Waals surface area (Å²) < 4.78 is 0. The van der Waals surface area contributed by atoms with Crippen LogP contribution in [0.5, 0.6) is 0 Å². The summed E-state index contributed by atoms with van der Waals surface area (Å²) in [6.07, 6.45) is 2.08. The third kappa shape index (κ3) is 4.31. The van der Waals surface area contributed by atoms with Gasteiger partial charge in [-0.1, -0.05) is 31.2 Å². The van der Waals surface area contributed by atoms with E-state index in [-0.39, 0.29) is 17.9 Å². The number of carbonyl (C=O) groups is 2. The highest BCUT2D eigenvalue weighted by Crippen LogP contribution is 2.31. The molecule has 1 aromatic rings. The largest absolute Gasteiger partial charge is 0.390 e. The molecule has 2 atom stereocenters. The summed E-state index contributed by atoms with van der Waals surface area (Å²) in [5.74, 6) is -0.134. The van der Waals surface area contributed by atoms with E-state index in [2.05, 4.69) is 10.6 Å². The van der Waals surface area contributed by atoms with Crippen LogP contribution in [0.3, 0.4) is 0 Å². The summed E-state index contributed by atoms with van der Waals surface area (Å²) in [7, 11) is 0. The fourth-order valence-corrected chi connectivity index (χ4v) is 2.76. The Morgan fingerprint density at radius 3 is 2.73 bits per heavy atom. The molecule has 0 saturated heterocycles. The number of nitrogens with one attached hydrogen (secondary N) is 2. The summed E-state index contributed by atoms with van der Waals surface area (Å²) in [4.78, 5) is 23.5. The van der Waals surface area contributed by atoms with Gasteiger partial charge in [-0.05, 0) is 24.0 Å². The lowest BCUT2D eigenvalue weighted by molar-refractivity contribution is -0.123. The fourth-order valence-electron chi connectivity index (χ4n) is 2.76. The molecule has 0 aromatic heterocycles. The summed E-state index contributed by atoms with van der Waals surface area (Å²) in [6, 6.07) is 7.42. The Morgan fingerprint density at radius 2 is 1.95 bits per heavy atom. The maximum absolute atomic E-state index is 12.0. The van der Waals surface area contributed by atoms with E-state index < -0.39 is 6.10 Å². The number of benzene rings is 1. The normalized spacial score (nSPS) is 19.5. The molecule has 0 fully saturated rings. The first-order chi connectivity index (χ1) is 10.6. The zero-order chi connectivity index (χ0) is 15.9. The van der Waals surface area contributed by atoms with E-state index in [0.717, 1.165) is 17.5 Å². The van der Waals surface area contributed by atoms with E-state index in [1.54, 1.807) is 0 Å². The fraction of sp³-hybridized carbons (Fsp3) is 0.529. The zero-order valence-electron chi connectivity index (χ0n) is 13.0. The van der Waals surface area contributed by atoms with Crippen LogP contribution >= 0.6 is 0 Å². The molecule has 22 heavy (non-hydrogen) atoms. The molecule has 0 radical (unpaired) electrons. The Balaban J connectivity index is 1.77. The van der Waals surface area contributed by atoms with Crippen molar-refractivity contribution in [2.24, 2.45) is 0 Å². The van der Waals surface area contributed by atoms with Gasteiger partial charge in [-0.15, -0.1) is 0 Å². The first-order valence-corrected chi connectivity index (χ1v) is 7.93. The van der Waals surface area contributed by atoms with Crippen molar-refractivity contribution in [3.63, 3.8) is 0 Å². The number of hydrogen-bond donors (Lipinski definition) is 3. The highest BCUT2D eigenvalue weighted by atomic mass is 16.3. The quantitative estimate of drug-likeness (QED) is 0.713. The van der Waals surface area contributed by atoms with Crippen LogP contribution in [0, 0.1) is 0 Å². The van der Waals surface area contributed by atoms with E-state index in [1.165, 1.54) is 0 Å². The van der Waals surface area contributed by atoms with Crippen LogP contribution in [0.25, 0.3) is 0 Å². The molecule has 2 unspecified atom stereocenters. The Bertz CT molecular complexity index is 530. The summed E-state index contributed by atoms with van der Waals surface area (Å²) in [5, 5.41) is 15.8. The van der Waals surface area contributed by atoms with Gasteiger partial charge in [-0.25, -0.2) is 0 Å². The van der Waals surface area contributed by atoms with Crippen LogP contribution in [0.4, 0.5) is 0 Å². The van der Waals surface area contributed by atoms with E-state index in [4.69, 9.17) is 0 Å². The second-order valence-corrected chi connectivity index (χ2v) is 5.72. The maximum Gasteiger partial charge on any atom is 0.220 e. The molecule has 5 nitrogen and oxygen atoms in total. The summed E-state index contributed by atoms with van der Waals surface area (Å²) >= 11 is 0. The third-order valence-electron chi connectivity index (χ3n) is 3.90. The van der Waals surface area contributed by atoms with Crippen LogP contribution in [0.1, 0.15) is 49.8 Å². The Hall–Kier alpha value is -1.88. The van der Waals surface area contributed by atoms with Gasteiger partial charge in [0.15, 0.2) is 0 Å². The molecule has 0 aliphatic heterocycles. The molecule has 0 spiro atoms. The van der Waals surface area contributed by atoms with Gasteiger partial charge >= 0.3 is 0 Å². The highest BCUT2D eigenvalue weighted by molar-refractivity contribution is 5.79. The van der Waals surface area contributed by atoms with Crippen molar-refractivity contribution in [2.75, 3.05) is 6.54 Å². The summed E-state index contributed by atoms with van der Waals surface area (Å²) in [5.41, 5.74) is 2.07. The van der Waals surface area contributed by atoms with Crippen LogP contribution in [-0.2, 0) is 16.0 Å². The van der Waals surface area contributed by atoms with E-state index in [0.29, 0.717) is 32.2 Å². The number of aliphatic hydroxyl groups is 1. The average Bonchev–Trinajstić information content (AvgIpc) is 2.81. The molecule has 1 aromatic carbocycles. The number of aliphatic hydroxyl groups excluding tert-OH is 1. The third-order valence-corrected chi connectivity index (χ3v) is 3.90. The van der Waals surface area contributed by atoms with Gasteiger partial charge in [0, 0.05) is 25.8 Å². The van der Waals surface area contributed by atoms with Gasteiger partial charge in [0.05, 0.1) is 12.1 Å². The Kier molecular flexibility index (Phi) is 5.95. The molecule has 0 bridgehead atoms. The van der Waals surface area contributed by atoms with Crippen molar-refractivity contribution in [3.8, 4) is 0 Å². The Labute approximate surface area is 131 Å². The van der Waals surface area contributed by atoms with Crippen LogP contribution in [0.15, 0.2) is 24.3 Å². The van der Waals surface area contributed by atoms with Gasteiger partial charge < -0.3 is 15.7 Å². The van der Waals surface area contributed by atoms with Gasteiger partial charge in [0.2, 0.25) is 11.8 Å². The van der Waals surface area contributed by atoms with Crippen molar-refractivity contribution in [1.82, 2.24) is 10.6 Å². The van der Waals surface area contributed by atoms with Crippen molar-refractivity contribution in [3.05, 3.63) is 35.4 Å². The molecule has 2 rings (SSSR count). The summed E-state index contributed by atoms with van der Waals surface area (Å²) in [6.45, 7) is 2.68. The lowest BCUT2D eigenvalue weighted by Gasteiger charge is -2.18. The minimum Gasteiger partial charge on any atom is -0.390 e. The standard InChI is InChI=1S/C17H24N2O3/c1-2-10-18-15(21)8-5-9-16(22)19-17-13-7-4-3-6-12(13)11-14(17)20/h3-4,6-7,14,17,20H,2,5,8-11H2,1H3,(H,18,21)(H,19,22). The number of hydrogen-bond acceptors (Lipinski definition) is 3. The second-order valence-electron chi connectivity index (χ2n) is 5.72. The lowest BCUT2D eigenvalue weighted by Crippen LogP contribution is -2.34. The smallest absolute Gasteiger partial charge is 0.220 e. The lowest BCUT2D eigenvalue weighted by atomic mass is 10.1. The predicted octanol–water partition coefficient (Wildman–Crippen LogP) is 1.46. The SMILES string of the molecule is CCCNC(=O)CCCC(=O)NC1c2ccccc2CC1O. The molecular weight excluding hydrogens is 280 g/mol. The molecule has 1 aliphatic rings. The van der Waals surface area contributed by atoms with E-state index in [9.17, 15) is 14.7 Å². The first-order valence-electron chi connectivity index (χ1n) is 7.93. The average molecular weight is 304 g/mol. The van der Waals surface area contributed by atoms with Crippen LogP contribution in [-0.4, -0.2) is 29.6 Å². The highest BCUT2D eigenvalue weighted by Gasteiger charge is 2.31. The molecule has 5 heteroatoms. The topological polar surface area (TPSA) is 78.4 Å². The Morgan fingerprint density at radius 1 is 1.23 bits per heavy atom. The maximum atomic E-state index is 12.0. The van der Waals surface area contributed by atoms with Crippen molar-refractivity contribution in [1.29, 1.82) is 0 Å². The monoisotopic (exact) mass is 304 g/mol. The molecule has 2 amide bonds. The molecular formula is C17H24N2O3. The van der Waals surface area contributed by atoms with Crippen molar-refractivity contribution in [2.45, 2.75) is 51.2 Å². The van der Waals surface area contributed by atoms with Crippen LogP contribution < -0.4 is 10.6 Å².